The number of hydrogen-bond acceptors (Lipinski definition) is 5. The summed E-state index contributed by atoms with van der Waals surface area (Å²) in [5, 5.41) is 2.84. The lowest BCUT2D eigenvalue weighted by molar-refractivity contribution is 0.0981. The predicted molar refractivity (Wildman–Crippen MR) is 124 cm³/mol. The zero-order chi connectivity index (χ0) is 22.9. The smallest absolute Gasteiger partial charge is 0.259 e. The molecule has 0 atom stereocenters. The fourth-order valence-corrected chi connectivity index (χ4v) is 3.46. The number of anilines is 1. The van der Waals surface area contributed by atoms with Crippen LogP contribution in [0.1, 0.15) is 39.1 Å². The average molecular weight is 434 g/mol. The molecule has 166 valence electrons. The Kier molecular flexibility index (Phi) is 7.86. The van der Waals surface area contributed by atoms with E-state index in [9.17, 15) is 9.59 Å². The Morgan fingerprint density at radius 2 is 1.53 bits per heavy atom. The number of aryl methyl sites for hydroxylation is 1. The first-order valence-electron chi connectivity index (χ1n) is 10.3. The van der Waals surface area contributed by atoms with Gasteiger partial charge in [0.25, 0.3) is 5.91 Å². The van der Waals surface area contributed by atoms with Gasteiger partial charge in [-0.1, -0.05) is 36.4 Å². The molecule has 3 aromatic carbocycles. The van der Waals surface area contributed by atoms with E-state index in [1.54, 1.807) is 43.5 Å². The molecule has 0 bridgehead atoms. The molecule has 0 unspecified atom stereocenters. The van der Waals surface area contributed by atoms with E-state index in [1.807, 2.05) is 30.3 Å². The van der Waals surface area contributed by atoms with Gasteiger partial charge < -0.3 is 19.5 Å². The van der Waals surface area contributed by atoms with Crippen molar-refractivity contribution < 1.29 is 23.8 Å². The molecule has 1 amide bonds. The Balaban J connectivity index is 1.80. The molecule has 0 fully saturated rings. The van der Waals surface area contributed by atoms with Crippen LogP contribution in [0.15, 0.2) is 66.7 Å². The maximum atomic E-state index is 13.0. The molecule has 0 radical (unpaired) electrons. The number of para-hydroxylation sites is 1. The number of rotatable bonds is 10. The summed E-state index contributed by atoms with van der Waals surface area (Å²) in [5.74, 6) is 0.890. The molecule has 32 heavy (non-hydrogen) atoms. The third-order valence-corrected chi connectivity index (χ3v) is 5.15. The summed E-state index contributed by atoms with van der Waals surface area (Å²) >= 11 is 0. The molecule has 0 saturated carbocycles. The monoisotopic (exact) mass is 433 g/mol. The number of benzene rings is 3. The van der Waals surface area contributed by atoms with Crippen LogP contribution < -0.4 is 19.5 Å². The topological polar surface area (TPSA) is 73.9 Å². The Morgan fingerprint density at radius 1 is 0.781 bits per heavy atom. The van der Waals surface area contributed by atoms with Gasteiger partial charge >= 0.3 is 0 Å². The molecule has 0 spiro atoms. The van der Waals surface area contributed by atoms with E-state index in [1.165, 1.54) is 19.8 Å². The van der Waals surface area contributed by atoms with Crippen LogP contribution in [-0.2, 0) is 6.42 Å². The average Bonchev–Trinajstić information content (AvgIpc) is 2.84. The van der Waals surface area contributed by atoms with E-state index < -0.39 is 5.91 Å². The quantitative estimate of drug-likeness (QED) is 0.447. The minimum atomic E-state index is -0.410. The van der Waals surface area contributed by atoms with Crippen LogP contribution in [0.5, 0.6) is 17.2 Å². The fraction of sp³-hybridized carbons (Fsp3) is 0.231. The lowest BCUT2D eigenvalue weighted by atomic mass is 10.0. The summed E-state index contributed by atoms with van der Waals surface area (Å²) in [6.45, 7) is 0. The predicted octanol–water partition coefficient (Wildman–Crippen LogP) is 5.17. The van der Waals surface area contributed by atoms with Crippen LogP contribution in [0.3, 0.4) is 0 Å². The minimum Gasteiger partial charge on any atom is -0.497 e. The molecule has 0 heterocycles. The number of methoxy groups -OCH3 is 3. The van der Waals surface area contributed by atoms with E-state index in [2.05, 4.69) is 5.32 Å². The van der Waals surface area contributed by atoms with Crippen molar-refractivity contribution >= 4 is 17.4 Å². The Bertz CT molecular complexity index is 1080. The van der Waals surface area contributed by atoms with Crippen LogP contribution in [0.2, 0.25) is 0 Å². The molecule has 0 aliphatic rings. The van der Waals surface area contributed by atoms with Crippen molar-refractivity contribution in [3.63, 3.8) is 0 Å². The third kappa shape index (κ3) is 5.46. The molecule has 3 aromatic rings. The number of hydrogen-bond donors (Lipinski definition) is 1. The first kappa shape index (κ1) is 22.9. The van der Waals surface area contributed by atoms with Gasteiger partial charge in [-0.2, -0.15) is 0 Å². The van der Waals surface area contributed by atoms with Crippen molar-refractivity contribution in [3.8, 4) is 17.2 Å². The summed E-state index contributed by atoms with van der Waals surface area (Å²) in [7, 11) is 4.53. The second-order valence-corrected chi connectivity index (χ2v) is 7.17. The lowest BCUT2D eigenvalue weighted by Crippen LogP contribution is -2.17. The second-order valence-electron chi connectivity index (χ2n) is 7.17. The normalized spacial score (nSPS) is 10.3. The highest BCUT2D eigenvalue weighted by molar-refractivity contribution is 6.11. The van der Waals surface area contributed by atoms with Gasteiger partial charge in [-0.05, 0) is 42.7 Å². The standard InChI is InChI=1S/C26H27NO5/c1-30-19-15-16-21(24(17-19)32-3)26(29)27-25-20(12-8-14-23(25)31-2)22(28)13-7-11-18-9-5-4-6-10-18/h4-6,8-10,12,14-17H,7,11,13H2,1-3H3,(H,27,29). The Morgan fingerprint density at radius 3 is 2.22 bits per heavy atom. The van der Waals surface area contributed by atoms with Gasteiger partial charge in [0.05, 0.1) is 32.6 Å². The highest BCUT2D eigenvalue weighted by Gasteiger charge is 2.20. The van der Waals surface area contributed by atoms with Crippen LogP contribution in [-0.4, -0.2) is 33.0 Å². The number of ether oxygens (including phenoxy) is 3. The van der Waals surface area contributed by atoms with Crippen LogP contribution in [0, 0.1) is 0 Å². The van der Waals surface area contributed by atoms with Gasteiger partial charge in [-0.3, -0.25) is 9.59 Å². The molecule has 0 aromatic heterocycles. The molecule has 1 N–H and O–H groups in total. The van der Waals surface area contributed by atoms with Gasteiger partial charge in [0, 0.05) is 18.1 Å². The molecule has 0 saturated heterocycles. The number of carbonyl (C=O) groups excluding carboxylic acids is 2. The van der Waals surface area contributed by atoms with E-state index in [0.29, 0.717) is 46.9 Å². The van der Waals surface area contributed by atoms with Crippen molar-refractivity contribution in [2.24, 2.45) is 0 Å². The Hall–Kier alpha value is -3.80. The third-order valence-electron chi connectivity index (χ3n) is 5.15. The van der Waals surface area contributed by atoms with Crippen LogP contribution in [0.25, 0.3) is 0 Å². The van der Waals surface area contributed by atoms with Crippen molar-refractivity contribution in [1.29, 1.82) is 0 Å². The van der Waals surface area contributed by atoms with Crippen molar-refractivity contribution in [1.82, 2.24) is 0 Å². The number of amides is 1. The van der Waals surface area contributed by atoms with Gasteiger partial charge in [-0.15, -0.1) is 0 Å². The van der Waals surface area contributed by atoms with E-state index >= 15 is 0 Å². The van der Waals surface area contributed by atoms with Gasteiger partial charge in [0.2, 0.25) is 0 Å². The molecule has 3 rings (SSSR count). The highest BCUT2D eigenvalue weighted by atomic mass is 16.5. The summed E-state index contributed by atoms with van der Waals surface area (Å²) in [4.78, 5) is 26.0. The minimum absolute atomic E-state index is 0.0585. The highest BCUT2D eigenvalue weighted by Crippen LogP contribution is 2.32. The van der Waals surface area contributed by atoms with E-state index in [4.69, 9.17) is 14.2 Å². The SMILES string of the molecule is COc1ccc(C(=O)Nc2c(OC)cccc2C(=O)CCCc2ccccc2)c(OC)c1. The molecule has 0 aliphatic heterocycles. The van der Waals surface area contributed by atoms with Gasteiger partial charge in [-0.25, -0.2) is 0 Å². The largest absolute Gasteiger partial charge is 0.497 e. The fourth-order valence-electron chi connectivity index (χ4n) is 3.46. The molecular weight excluding hydrogens is 406 g/mol. The molecule has 6 heteroatoms. The lowest BCUT2D eigenvalue weighted by Gasteiger charge is -2.16. The zero-order valence-corrected chi connectivity index (χ0v) is 18.5. The van der Waals surface area contributed by atoms with E-state index in [0.717, 1.165) is 6.42 Å². The zero-order valence-electron chi connectivity index (χ0n) is 18.5. The maximum Gasteiger partial charge on any atom is 0.259 e. The number of Topliss-reactive ketones (excluding diaryl/α,β-unsaturated/α-hetero) is 1. The first-order chi connectivity index (χ1) is 15.6. The van der Waals surface area contributed by atoms with Crippen LogP contribution >= 0.6 is 0 Å². The Labute approximate surface area is 188 Å². The summed E-state index contributed by atoms with van der Waals surface area (Å²) < 4.78 is 15.9. The van der Waals surface area contributed by atoms with E-state index in [-0.39, 0.29) is 5.78 Å². The number of carbonyl (C=O) groups is 2. The van der Waals surface area contributed by atoms with Crippen molar-refractivity contribution in [2.45, 2.75) is 19.3 Å². The van der Waals surface area contributed by atoms with Crippen molar-refractivity contribution in [3.05, 3.63) is 83.4 Å². The first-order valence-corrected chi connectivity index (χ1v) is 10.3. The van der Waals surface area contributed by atoms with Gasteiger partial charge in [0.15, 0.2) is 5.78 Å². The molecular formula is C26H27NO5. The summed E-state index contributed by atoms with van der Waals surface area (Å²) in [6.07, 6.45) is 1.87. The van der Waals surface area contributed by atoms with Gasteiger partial charge in [0.1, 0.15) is 17.2 Å². The summed E-state index contributed by atoms with van der Waals surface area (Å²) in [5.41, 5.74) is 2.27. The summed E-state index contributed by atoms with van der Waals surface area (Å²) in [6, 6.07) is 20.1. The second kappa shape index (κ2) is 11.0. The van der Waals surface area contributed by atoms with Crippen molar-refractivity contribution in [2.75, 3.05) is 26.6 Å². The van der Waals surface area contributed by atoms with Crippen LogP contribution in [0.4, 0.5) is 5.69 Å². The number of ketones is 1. The molecule has 6 nitrogen and oxygen atoms in total. The number of nitrogens with one attached hydrogen (secondary N) is 1. The molecule has 0 aliphatic carbocycles. The maximum absolute atomic E-state index is 13.0.